The maximum atomic E-state index is 4.07. The lowest BCUT2D eigenvalue weighted by molar-refractivity contribution is 0.309. The molecule has 2 saturated carbocycles. The molecule has 4 atom stereocenters. The van der Waals surface area contributed by atoms with Crippen molar-refractivity contribution in [3.8, 4) is 0 Å². The highest BCUT2D eigenvalue weighted by Crippen LogP contribution is 2.48. The van der Waals surface area contributed by atoms with Crippen LogP contribution in [0.5, 0.6) is 0 Å². The van der Waals surface area contributed by atoms with E-state index in [4.69, 9.17) is 0 Å². The summed E-state index contributed by atoms with van der Waals surface area (Å²) in [6.07, 6.45) is 9.73. The predicted octanol–water partition coefficient (Wildman–Crippen LogP) is 3.17. The molecule has 2 nitrogen and oxygen atoms in total. The number of hydrogen-bond donors (Lipinski definition) is 1. The summed E-state index contributed by atoms with van der Waals surface area (Å²) in [5, 5.41) is 3.70. The molecule has 2 heteroatoms. The number of aromatic nitrogens is 1. The van der Waals surface area contributed by atoms with Crippen LogP contribution in [0.15, 0.2) is 24.5 Å². The summed E-state index contributed by atoms with van der Waals surface area (Å²) in [5.41, 5.74) is 1.35. The van der Waals surface area contributed by atoms with Crippen LogP contribution in [-0.2, 0) is 0 Å². The van der Waals surface area contributed by atoms with E-state index in [1.807, 2.05) is 12.4 Å². The topological polar surface area (TPSA) is 24.9 Å². The molecular formula is C15H22N2. The Kier molecular flexibility index (Phi) is 3.15. The summed E-state index contributed by atoms with van der Waals surface area (Å²) < 4.78 is 0. The van der Waals surface area contributed by atoms with Crippen molar-refractivity contribution in [3.05, 3.63) is 30.1 Å². The Morgan fingerprint density at radius 2 is 2.12 bits per heavy atom. The SMILES string of the molecule is C[C@@H](NCC1CC2CCC1C2)c1ccncc1. The van der Waals surface area contributed by atoms with E-state index in [2.05, 4.69) is 29.4 Å². The highest BCUT2D eigenvalue weighted by atomic mass is 14.9. The van der Waals surface area contributed by atoms with Crippen LogP contribution in [0, 0.1) is 17.8 Å². The van der Waals surface area contributed by atoms with Crippen molar-refractivity contribution in [1.82, 2.24) is 10.3 Å². The molecule has 17 heavy (non-hydrogen) atoms. The quantitative estimate of drug-likeness (QED) is 0.859. The second kappa shape index (κ2) is 4.77. The van der Waals surface area contributed by atoms with Crippen LogP contribution < -0.4 is 5.32 Å². The van der Waals surface area contributed by atoms with Crippen LogP contribution in [-0.4, -0.2) is 11.5 Å². The van der Waals surface area contributed by atoms with Gasteiger partial charge in [-0.1, -0.05) is 6.42 Å². The van der Waals surface area contributed by atoms with Crippen molar-refractivity contribution >= 4 is 0 Å². The lowest BCUT2D eigenvalue weighted by Gasteiger charge is -2.24. The van der Waals surface area contributed by atoms with Crippen LogP contribution >= 0.6 is 0 Å². The van der Waals surface area contributed by atoms with Gasteiger partial charge in [0.05, 0.1) is 0 Å². The van der Waals surface area contributed by atoms with E-state index in [1.54, 1.807) is 0 Å². The first kappa shape index (κ1) is 11.2. The minimum atomic E-state index is 0.456. The number of nitrogens with one attached hydrogen (secondary N) is 1. The lowest BCUT2D eigenvalue weighted by Crippen LogP contribution is -2.28. The van der Waals surface area contributed by atoms with E-state index in [-0.39, 0.29) is 0 Å². The molecule has 2 bridgehead atoms. The summed E-state index contributed by atoms with van der Waals surface area (Å²) in [7, 11) is 0. The summed E-state index contributed by atoms with van der Waals surface area (Å²) >= 11 is 0. The van der Waals surface area contributed by atoms with Crippen molar-refractivity contribution < 1.29 is 0 Å². The smallest absolute Gasteiger partial charge is 0.0293 e. The molecule has 2 fully saturated rings. The largest absolute Gasteiger partial charge is 0.310 e. The Morgan fingerprint density at radius 1 is 1.29 bits per heavy atom. The summed E-state index contributed by atoms with van der Waals surface area (Å²) in [6.45, 7) is 3.45. The van der Waals surface area contributed by atoms with Gasteiger partial charge in [0, 0.05) is 18.4 Å². The van der Waals surface area contributed by atoms with Crippen molar-refractivity contribution in [2.75, 3.05) is 6.54 Å². The van der Waals surface area contributed by atoms with Gasteiger partial charge in [-0.25, -0.2) is 0 Å². The first-order valence-electron chi connectivity index (χ1n) is 6.96. The maximum absolute atomic E-state index is 4.07. The first-order valence-corrected chi connectivity index (χ1v) is 6.96. The third kappa shape index (κ3) is 2.37. The van der Waals surface area contributed by atoms with Gasteiger partial charge in [-0.3, -0.25) is 4.98 Å². The second-order valence-electron chi connectivity index (χ2n) is 5.85. The Morgan fingerprint density at radius 3 is 2.76 bits per heavy atom. The zero-order valence-electron chi connectivity index (χ0n) is 10.6. The van der Waals surface area contributed by atoms with E-state index < -0.39 is 0 Å². The molecule has 0 amide bonds. The average molecular weight is 230 g/mol. The molecule has 3 unspecified atom stereocenters. The van der Waals surface area contributed by atoms with Crippen molar-refractivity contribution in [2.24, 2.45) is 17.8 Å². The van der Waals surface area contributed by atoms with Crippen LogP contribution in [0.2, 0.25) is 0 Å². The van der Waals surface area contributed by atoms with Gasteiger partial charge in [0.25, 0.3) is 0 Å². The molecule has 1 heterocycles. The van der Waals surface area contributed by atoms with Gasteiger partial charge in [0.2, 0.25) is 0 Å². The van der Waals surface area contributed by atoms with E-state index in [0.29, 0.717) is 6.04 Å². The van der Waals surface area contributed by atoms with Gasteiger partial charge in [-0.15, -0.1) is 0 Å². The molecule has 1 aromatic heterocycles. The van der Waals surface area contributed by atoms with Gasteiger partial charge in [0.1, 0.15) is 0 Å². The Bertz CT molecular complexity index is 362. The summed E-state index contributed by atoms with van der Waals surface area (Å²) in [6, 6.07) is 4.67. The van der Waals surface area contributed by atoms with Crippen LogP contribution in [0.4, 0.5) is 0 Å². The van der Waals surface area contributed by atoms with Gasteiger partial charge < -0.3 is 5.32 Å². The fourth-order valence-corrected chi connectivity index (χ4v) is 3.72. The molecule has 1 N–H and O–H groups in total. The molecular weight excluding hydrogens is 208 g/mol. The fraction of sp³-hybridized carbons (Fsp3) is 0.667. The van der Waals surface area contributed by atoms with Gasteiger partial charge in [0.15, 0.2) is 0 Å². The Hall–Kier alpha value is -0.890. The van der Waals surface area contributed by atoms with Crippen LogP contribution in [0.25, 0.3) is 0 Å². The number of rotatable bonds is 4. The molecule has 3 rings (SSSR count). The highest BCUT2D eigenvalue weighted by molar-refractivity contribution is 5.13. The van der Waals surface area contributed by atoms with E-state index in [0.717, 1.165) is 17.8 Å². The number of hydrogen-bond acceptors (Lipinski definition) is 2. The van der Waals surface area contributed by atoms with Crippen molar-refractivity contribution in [2.45, 2.75) is 38.6 Å². The number of pyridine rings is 1. The van der Waals surface area contributed by atoms with Gasteiger partial charge >= 0.3 is 0 Å². The first-order chi connectivity index (χ1) is 8.33. The average Bonchev–Trinajstić information content (AvgIpc) is 2.99. The minimum Gasteiger partial charge on any atom is -0.310 e. The number of nitrogens with zero attached hydrogens (tertiary/aromatic N) is 1. The van der Waals surface area contributed by atoms with E-state index in [1.165, 1.54) is 37.8 Å². The normalized spacial score (nSPS) is 32.9. The molecule has 2 aliphatic rings. The van der Waals surface area contributed by atoms with E-state index in [9.17, 15) is 0 Å². The summed E-state index contributed by atoms with van der Waals surface area (Å²) in [5.74, 6) is 3.03. The highest BCUT2D eigenvalue weighted by Gasteiger charge is 2.39. The predicted molar refractivity (Wildman–Crippen MR) is 69.6 cm³/mol. The van der Waals surface area contributed by atoms with Crippen molar-refractivity contribution in [1.29, 1.82) is 0 Å². The van der Waals surface area contributed by atoms with Crippen LogP contribution in [0.1, 0.15) is 44.2 Å². The molecule has 2 aliphatic carbocycles. The van der Waals surface area contributed by atoms with Gasteiger partial charge in [-0.2, -0.15) is 0 Å². The third-order valence-corrected chi connectivity index (χ3v) is 4.78. The molecule has 0 radical (unpaired) electrons. The maximum Gasteiger partial charge on any atom is 0.0293 e. The fourth-order valence-electron chi connectivity index (χ4n) is 3.72. The molecule has 0 saturated heterocycles. The molecule has 0 aromatic carbocycles. The third-order valence-electron chi connectivity index (χ3n) is 4.78. The monoisotopic (exact) mass is 230 g/mol. The standard InChI is InChI=1S/C15H22N2/c1-11(13-4-6-16-7-5-13)17-10-15-9-12-2-3-14(15)8-12/h4-7,11-12,14-15,17H,2-3,8-10H2,1H3/t11-,12?,14?,15?/m1/s1. The lowest BCUT2D eigenvalue weighted by atomic mass is 9.88. The second-order valence-corrected chi connectivity index (χ2v) is 5.85. The zero-order chi connectivity index (χ0) is 11.7. The minimum absolute atomic E-state index is 0.456. The number of fused-ring (bicyclic) bond motifs is 2. The Labute approximate surface area is 104 Å². The zero-order valence-corrected chi connectivity index (χ0v) is 10.6. The molecule has 0 aliphatic heterocycles. The molecule has 0 spiro atoms. The Balaban J connectivity index is 1.51. The van der Waals surface area contributed by atoms with E-state index >= 15 is 0 Å². The van der Waals surface area contributed by atoms with Gasteiger partial charge in [-0.05, 0) is 68.2 Å². The summed E-state index contributed by atoms with van der Waals surface area (Å²) in [4.78, 5) is 4.07. The molecule has 1 aromatic rings. The molecule has 92 valence electrons. The van der Waals surface area contributed by atoms with Crippen molar-refractivity contribution in [3.63, 3.8) is 0 Å². The van der Waals surface area contributed by atoms with Crippen LogP contribution in [0.3, 0.4) is 0 Å².